The molecule has 4 unspecified atom stereocenters. The molecule has 0 saturated carbocycles. The first-order valence-corrected chi connectivity index (χ1v) is 5.91. The second kappa shape index (κ2) is 5.27. The Morgan fingerprint density at radius 1 is 0.562 bits per heavy atom. The van der Waals surface area contributed by atoms with Gasteiger partial charge in [-0.25, -0.2) is 0 Å². The molecule has 0 rings (SSSR count). The molecule has 0 fully saturated rings. The van der Waals surface area contributed by atoms with Crippen LogP contribution < -0.4 is 0 Å². The van der Waals surface area contributed by atoms with E-state index in [1.165, 1.54) is 0 Å². The fraction of sp³-hybridized carbons (Fsp3) is 1.00. The molecule has 8 radical (unpaired) electrons. The minimum atomic E-state index is -0.283. The van der Waals surface area contributed by atoms with E-state index >= 15 is 0 Å². The van der Waals surface area contributed by atoms with E-state index in [4.69, 9.17) is 31.4 Å². The Hall–Kier alpha value is 0.260. The molecular formula is C12H22B4. The van der Waals surface area contributed by atoms with Crippen LogP contribution in [-0.2, 0) is 0 Å². The monoisotopic (exact) mass is 210 g/mol. The van der Waals surface area contributed by atoms with E-state index in [9.17, 15) is 0 Å². The second-order valence-electron chi connectivity index (χ2n) is 6.94. The number of hydrogen-bond donors (Lipinski definition) is 0. The Bertz CT molecular complexity index is 190. The average Bonchev–Trinajstić information content (AvgIpc) is 2.10. The van der Waals surface area contributed by atoms with Crippen LogP contribution in [0.4, 0.5) is 0 Å². The first kappa shape index (κ1) is 16.3. The lowest BCUT2D eigenvalue weighted by molar-refractivity contribution is 0.320. The molecule has 0 aliphatic carbocycles. The summed E-state index contributed by atoms with van der Waals surface area (Å²) in [6.45, 7) is 12.4. The van der Waals surface area contributed by atoms with Gasteiger partial charge in [0.25, 0.3) is 0 Å². The van der Waals surface area contributed by atoms with Crippen molar-refractivity contribution in [3.63, 3.8) is 0 Å². The maximum atomic E-state index is 6.12. The molecule has 0 aromatic heterocycles. The molecule has 4 atom stereocenters. The van der Waals surface area contributed by atoms with Gasteiger partial charge in [0.2, 0.25) is 0 Å². The largest absolute Gasteiger partial charge is 0.0870 e. The molecule has 0 aromatic carbocycles. The molecule has 82 valence electrons. The molecule has 0 amide bonds. The summed E-state index contributed by atoms with van der Waals surface area (Å²) in [6, 6.07) is 0. The summed E-state index contributed by atoms with van der Waals surface area (Å²) in [4.78, 5) is 0. The van der Waals surface area contributed by atoms with Crippen LogP contribution >= 0.6 is 0 Å². The zero-order valence-corrected chi connectivity index (χ0v) is 11.6. The van der Waals surface area contributed by atoms with Gasteiger partial charge in [0, 0.05) is 0 Å². The van der Waals surface area contributed by atoms with Gasteiger partial charge in [0.1, 0.15) is 0 Å². The quantitative estimate of drug-likeness (QED) is 0.627. The van der Waals surface area contributed by atoms with E-state index in [1.807, 2.05) is 0 Å². The maximum Gasteiger partial charge on any atom is 0.0700 e. The molecule has 0 saturated heterocycles. The molecule has 0 heterocycles. The minimum absolute atomic E-state index is 0.0609. The van der Waals surface area contributed by atoms with Gasteiger partial charge in [-0.15, -0.1) is 0 Å². The van der Waals surface area contributed by atoms with E-state index < -0.39 is 0 Å². The summed E-state index contributed by atoms with van der Waals surface area (Å²) in [5.41, 5.74) is -0.122. The van der Waals surface area contributed by atoms with Crippen LogP contribution in [0.2, 0.25) is 23.3 Å². The highest BCUT2D eigenvalue weighted by Crippen LogP contribution is 2.49. The SMILES string of the molecule is [B]C(C([B])C([B])C(C)(C)C)C([B])C(C)(C)C. The Morgan fingerprint density at radius 2 is 0.750 bits per heavy atom. The van der Waals surface area contributed by atoms with Crippen molar-refractivity contribution >= 4 is 31.4 Å². The maximum absolute atomic E-state index is 6.12. The van der Waals surface area contributed by atoms with Gasteiger partial charge in [0.05, 0.1) is 31.4 Å². The standard InChI is InChI=1S/C12H22B4/c1-11(2,3)9(15)7(13)8(14)10(16)12(4,5)6/h7-10H,1-6H3. The van der Waals surface area contributed by atoms with Gasteiger partial charge < -0.3 is 0 Å². The number of hydrogen-bond acceptors (Lipinski definition) is 0. The van der Waals surface area contributed by atoms with Crippen LogP contribution in [0.1, 0.15) is 41.5 Å². The molecule has 0 nitrogen and oxygen atoms in total. The van der Waals surface area contributed by atoms with Crippen molar-refractivity contribution in [3.05, 3.63) is 0 Å². The van der Waals surface area contributed by atoms with Crippen molar-refractivity contribution in [1.29, 1.82) is 0 Å². The Balaban J connectivity index is 4.68. The summed E-state index contributed by atoms with van der Waals surface area (Å²) in [5, 5.41) is 0. The van der Waals surface area contributed by atoms with Crippen molar-refractivity contribution < 1.29 is 0 Å². The fourth-order valence-electron chi connectivity index (χ4n) is 1.63. The number of rotatable bonds is 3. The molecule has 0 aromatic rings. The van der Waals surface area contributed by atoms with Crippen LogP contribution in [0.25, 0.3) is 0 Å². The van der Waals surface area contributed by atoms with Gasteiger partial charge in [-0.2, -0.15) is 0 Å². The van der Waals surface area contributed by atoms with E-state index in [0.29, 0.717) is 0 Å². The summed E-state index contributed by atoms with van der Waals surface area (Å²) in [7, 11) is 24.5. The van der Waals surface area contributed by atoms with Gasteiger partial charge in [-0.3, -0.25) is 0 Å². The van der Waals surface area contributed by atoms with Crippen LogP contribution in [0.3, 0.4) is 0 Å². The van der Waals surface area contributed by atoms with Crippen molar-refractivity contribution in [2.24, 2.45) is 10.8 Å². The lowest BCUT2D eigenvalue weighted by atomic mass is 9.43. The van der Waals surface area contributed by atoms with Crippen molar-refractivity contribution in [3.8, 4) is 0 Å². The molecule has 0 aliphatic heterocycles. The summed E-state index contributed by atoms with van der Waals surface area (Å²) in [5.74, 6) is -0.879. The predicted octanol–water partition coefficient (Wildman–Crippen LogP) is 2.91. The van der Waals surface area contributed by atoms with Gasteiger partial charge in [-0.1, -0.05) is 64.8 Å². The third kappa shape index (κ3) is 4.26. The van der Waals surface area contributed by atoms with Gasteiger partial charge in [0.15, 0.2) is 0 Å². The third-order valence-electron chi connectivity index (χ3n) is 3.27. The smallest absolute Gasteiger partial charge is 0.0700 e. The molecule has 0 N–H and O–H groups in total. The normalized spacial score (nSPS) is 21.1. The van der Waals surface area contributed by atoms with E-state index in [1.54, 1.807) is 0 Å². The lowest BCUT2D eigenvalue weighted by Crippen LogP contribution is -2.28. The molecule has 0 spiro atoms. The van der Waals surface area contributed by atoms with Gasteiger partial charge >= 0.3 is 0 Å². The van der Waals surface area contributed by atoms with Crippen LogP contribution in [0, 0.1) is 10.8 Å². The van der Waals surface area contributed by atoms with Crippen LogP contribution in [0.5, 0.6) is 0 Å². The zero-order chi connectivity index (χ0) is 13.3. The van der Waals surface area contributed by atoms with E-state index in [-0.39, 0.29) is 34.1 Å². The summed E-state index contributed by atoms with van der Waals surface area (Å²) in [6.07, 6.45) is 0. The van der Waals surface area contributed by atoms with Gasteiger partial charge in [-0.05, 0) is 10.8 Å². The highest BCUT2D eigenvalue weighted by molar-refractivity contribution is 6.29. The highest BCUT2D eigenvalue weighted by Gasteiger charge is 2.33. The van der Waals surface area contributed by atoms with Crippen LogP contribution in [0.15, 0.2) is 0 Å². The predicted molar refractivity (Wildman–Crippen MR) is 76.9 cm³/mol. The topological polar surface area (TPSA) is 0 Å². The fourth-order valence-corrected chi connectivity index (χ4v) is 1.63. The third-order valence-corrected chi connectivity index (χ3v) is 3.27. The highest BCUT2D eigenvalue weighted by atomic mass is 14.3. The van der Waals surface area contributed by atoms with E-state index in [2.05, 4.69) is 41.5 Å². The van der Waals surface area contributed by atoms with Crippen molar-refractivity contribution in [1.82, 2.24) is 0 Å². The zero-order valence-electron chi connectivity index (χ0n) is 11.6. The molecule has 4 heteroatoms. The van der Waals surface area contributed by atoms with Crippen LogP contribution in [-0.4, -0.2) is 31.4 Å². The molecule has 0 bridgehead atoms. The molecular weight excluding hydrogens is 187 g/mol. The van der Waals surface area contributed by atoms with Crippen molar-refractivity contribution in [2.45, 2.75) is 64.8 Å². The Labute approximate surface area is 107 Å². The first-order valence-electron chi connectivity index (χ1n) is 5.91. The van der Waals surface area contributed by atoms with Crippen molar-refractivity contribution in [2.75, 3.05) is 0 Å². The van der Waals surface area contributed by atoms with E-state index in [0.717, 1.165) is 0 Å². The summed E-state index contributed by atoms with van der Waals surface area (Å²) >= 11 is 0. The first-order chi connectivity index (χ1) is 6.89. The minimum Gasteiger partial charge on any atom is -0.0870 e. The second-order valence-corrected chi connectivity index (χ2v) is 6.94. The lowest BCUT2D eigenvalue weighted by Gasteiger charge is -2.43. The average molecular weight is 210 g/mol. The Morgan fingerprint density at radius 3 is 0.875 bits per heavy atom. The molecule has 16 heavy (non-hydrogen) atoms. The summed E-state index contributed by atoms with van der Waals surface area (Å²) < 4.78 is 0. The molecule has 0 aliphatic rings. The Kier molecular flexibility index (Phi) is 5.36.